The lowest BCUT2D eigenvalue weighted by atomic mass is 10.1. The summed E-state index contributed by atoms with van der Waals surface area (Å²) >= 11 is 0. The van der Waals surface area contributed by atoms with E-state index in [-0.39, 0.29) is 12.5 Å². The van der Waals surface area contributed by atoms with Gasteiger partial charge >= 0.3 is 0 Å². The molecule has 0 aliphatic rings. The maximum atomic E-state index is 12.5. The van der Waals surface area contributed by atoms with Crippen LogP contribution in [0.3, 0.4) is 0 Å². The molecule has 0 aromatic heterocycles. The number of fused-ring (bicyclic) bond motifs is 1. The molecule has 4 aromatic carbocycles. The number of nitrogens with zero attached hydrogens (tertiary/aromatic N) is 2. The Hall–Kier alpha value is -3.97. The predicted molar refractivity (Wildman–Crippen MR) is 138 cm³/mol. The number of hydrogen-bond acceptors (Lipinski definition) is 4. The van der Waals surface area contributed by atoms with Crippen LogP contribution in [-0.2, 0) is 16.6 Å². The minimum absolute atomic E-state index is 0.208. The first-order valence-corrected chi connectivity index (χ1v) is 12.6. The van der Waals surface area contributed by atoms with Crippen molar-refractivity contribution in [1.29, 1.82) is 0 Å². The van der Waals surface area contributed by atoms with Crippen LogP contribution in [0.2, 0.25) is 0 Å². The number of amides is 1. The summed E-state index contributed by atoms with van der Waals surface area (Å²) in [5.41, 5.74) is 6.27. The zero-order valence-corrected chi connectivity index (χ0v) is 19.8. The van der Waals surface area contributed by atoms with Crippen molar-refractivity contribution >= 4 is 38.6 Å². The molecule has 7 heteroatoms. The Morgan fingerprint density at radius 3 is 2.29 bits per heavy atom. The Morgan fingerprint density at radius 1 is 0.912 bits per heavy atom. The first-order chi connectivity index (χ1) is 16.3. The normalized spacial score (nSPS) is 11.6. The Bertz CT molecular complexity index is 1440. The smallest absolute Gasteiger partial charge is 0.267 e. The highest BCUT2D eigenvalue weighted by molar-refractivity contribution is 7.92. The Morgan fingerprint density at radius 2 is 1.59 bits per heavy atom. The molecule has 0 fully saturated rings. The van der Waals surface area contributed by atoms with Gasteiger partial charge in [0.25, 0.3) is 5.91 Å². The van der Waals surface area contributed by atoms with Crippen molar-refractivity contribution in [1.82, 2.24) is 5.43 Å². The van der Waals surface area contributed by atoms with Gasteiger partial charge in [-0.3, -0.25) is 9.10 Å². The molecule has 4 rings (SSSR count). The minimum atomic E-state index is -3.51. The molecule has 4 aromatic rings. The van der Waals surface area contributed by atoms with Crippen LogP contribution in [0.5, 0.6) is 0 Å². The maximum Gasteiger partial charge on any atom is 0.271 e. The second kappa shape index (κ2) is 9.89. The second-order valence-corrected chi connectivity index (χ2v) is 9.98. The summed E-state index contributed by atoms with van der Waals surface area (Å²) in [4.78, 5) is 12.5. The van der Waals surface area contributed by atoms with Gasteiger partial charge < -0.3 is 0 Å². The van der Waals surface area contributed by atoms with E-state index in [4.69, 9.17) is 0 Å². The molecule has 0 bridgehead atoms. The van der Waals surface area contributed by atoms with Gasteiger partial charge in [-0.1, -0.05) is 72.3 Å². The quantitative estimate of drug-likeness (QED) is 0.308. The highest BCUT2D eigenvalue weighted by Crippen LogP contribution is 2.22. The second-order valence-electron chi connectivity index (χ2n) is 8.07. The first-order valence-electron chi connectivity index (χ1n) is 10.8. The van der Waals surface area contributed by atoms with Gasteiger partial charge in [0, 0.05) is 11.1 Å². The summed E-state index contributed by atoms with van der Waals surface area (Å²) in [5.74, 6) is -0.382. The van der Waals surface area contributed by atoms with Gasteiger partial charge in [0.05, 0.1) is 24.7 Å². The SMILES string of the molecule is Cc1ccc(CN(c2ccc(C(=O)N/N=C\c3cccc4ccccc34)cc2)S(C)(=O)=O)cc1. The average Bonchev–Trinajstić information content (AvgIpc) is 2.83. The van der Waals surface area contributed by atoms with E-state index >= 15 is 0 Å². The summed E-state index contributed by atoms with van der Waals surface area (Å²) in [6, 6.07) is 28.0. The molecule has 34 heavy (non-hydrogen) atoms. The van der Waals surface area contributed by atoms with E-state index < -0.39 is 10.0 Å². The number of nitrogens with one attached hydrogen (secondary N) is 1. The molecule has 0 radical (unpaired) electrons. The lowest BCUT2D eigenvalue weighted by Gasteiger charge is -2.22. The Labute approximate surface area is 199 Å². The van der Waals surface area contributed by atoms with E-state index in [0.717, 1.165) is 27.5 Å². The maximum absolute atomic E-state index is 12.5. The number of sulfonamides is 1. The number of benzene rings is 4. The van der Waals surface area contributed by atoms with Crippen molar-refractivity contribution < 1.29 is 13.2 Å². The third-order valence-corrected chi connectivity index (χ3v) is 6.60. The summed E-state index contributed by atoms with van der Waals surface area (Å²) < 4.78 is 26.2. The number of carbonyl (C=O) groups excluding carboxylic acids is 1. The van der Waals surface area contributed by atoms with E-state index in [1.54, 1.807) is 30.5 Å². The summed E-state index contributed by atoms with van der Waals surface area (Å²) in [6.45, 7) is 2.19. The number of hydrazone groups is 1. The fourth-order valence-electron chi connectivity index (χ4n) is 3.63. The largest absolute Gasteiger partial charge is 0.271 e. The molecule has 0 atom stereocenters. The third kappa shape index (κ3) is 5.50. The monoisotopic (exact) mass is 471 g/mol. The van der Waals surface area contributed by atoms with Crippen molar-refractivity contribution in [2.45, 2.75) is 13.5 Å². The van der Waals surface area contributed by atoms with E-state index in [9.17, 15) is 13.2 Å². The average molecular weight is 472 g/mol. The van der Waals surface area contributed by atoms with Gasteiger partial charge in [0.15, 0.2) is 0 Å². The molecule has 0 aliphatic heterocycles. The summed E-state index contributed by atoms with van der Waals surface area (Å²) in [5, 5.41) is 6.23. The predicted octanol–water partition coefficient (Wildman–Crippen LogP) is 4.88. The van der Waals surface area contributed by atoms with Crippen molar-refractivity contribution in [3.63, 3.8) is 0 Å². The molecule has 6 nitrogen and oxygen atoms in total. The zero-order valence-electron chi connectivity index (χ0n) is 19.0. The van der Waals surface area contributed by atoms with Crippen molar-refractivity contribution in [2.75, 3.05) is 10.6 Å². The number of carbonyl (C=O) groups is 1. The van der Waals surface area contributed by atoms with Crippen molar-refractivity contribution in [2.24, 2.45) is 5.10 Å². The van der Waals surface area contributed by atoms with Crippen LogP contribution in [-0.4, -0.2) is 26.8 Å². The molecule has 0 heterocycles. The van der Waals surface area contributed by atoms with Gasteiger partial charge in [-0.2, -0.15) is 5.10 Å². The number of anilines is 1. The standard InChI is InChI=1S/C27H25N3O3S/c1-20-10-12-21(13-11-20)19-30(34(2,32)33)25-16-14-23(15-17-25)27(31)29-28-18-24-8-5-7-22-6-3-4-9-26(22)24/h3-18H,19H2,1-2H3,(H,29,31)/b28-18-. The molecule has 1 N–H and O–H groups in total. The minimum Gasteiger partial charge on any atom is -0.267 e. The summed E-state index contributed by atoms with van der Waals surface area (Å²) in [6.07, 6.45) is 2.78. The highest BCUT2D eigenvalue weighted by Gasteiger charge is 2.18. The van der Waals surface area contributed by atoms with Gasteiger partial charge in [-0.05, 0) is 47.5 Å². The van der Waals surface area contributed by atoms with E-state index in [0.29, 0.717) is 11.3 Å². The zero-order chi connectivity index (χ0) is 24.1. The van der Waals surface area contributed by atoms with Crippen LogP contribution in [0.1, 0.15) is 27.0 Å². The lowest BCUT2D eigenvalue weighted by Crippen LogP contribution is -2.29. The van der Waals surface area contributed by atoms with E-state index in [1.807, 2.05) is 73.7 Å². The number of hydrogen-bond donors (Lipinski definition) is 1. The fraction of sp³-hybridized carbons (Fsp3) is 0.111. The van der Waals surface area contributed by atoms with Crippen molar-refractivity contribution in [3.05, 3.63) is 113 Å². The Kier molecular flexibility index (Phi) is 6.75. The van der Waals surface area contributed by atoms with Gasteiger partial charge in [-0.25, -0.2) is 13.8 Å². The van der Waals surface area contributed by atoms with Crippen LogP contribution in [0.25, 0.3) is 10.8 Å². The summed E-state index contributed by atoms with van der Waals surface area (Å²) in [7, 11) is -3.51. The number of aryl methyl sites for hydroxylation is 1. The molecular formula is C27H25N3O3S. The lowest BCUT2D eigenvalue weighted by molar-refractivity contribution is 0.0955. The highest BCUT2D eigenvalue weighted by atomic mass is 32.2. The van der Waals surface area contributed by atoms with Gasteiger partial charge in [0.1, 0.15) is 0 Å². The topological polar surface area (TPSA) is 78.8 Å². The fourth-order valence-corrected chi connectivity index (χ4v) is 4.51. The van der Waals surface area contributed by atoms with Crippen molar-refractivity contribution in [3.8, 4) is 0 Å². The third-order valence-electron chi connectivity index (χ3n) is 5.46. The molecule has 1 amide bonds. The Balaban J connectivity index is 1.47. The molecule has 0 spiro atoms. The van der Waals surface area contributed by atoms with Gasteiger partial charge in [0.2, 0.25) is 10.0 Å². The van der Waals surface area contributed by atoms with Crippen LogP contribution in [0.15, 0.2) is 96.1 Å². The van der Waals surface area contributed by atoms with Crippen LogP contribution < -0.4 is 9.73 Å². The van der Waals surface area contributed by atoms with Crippen LogP contribution >= 0.6 is 0 Å². The first kappa shape index (κ1) is 23.2. The molecule has 172 valence electrons. The molecule has 0 saturated carbocycles. The van der Waals surface area contributed by atoms with Crippen LogP contribution in [0.4, 0.5) is 5.69 Å². The van der Waals surface area contributed by atoms with E-state index in [2.05, 4.69) is 10.5 Å². The van der Waals surface area contributed by atoms with E-state index in [1.165, 1.54) is 10.6 Å². The van der Waals surface area contributed by atoms with Gasteiger partial charge in [-0.15, -0.1) is 0 Å². The van der Waals surface area contributed by atoms with Crippen LogP contribution in [0, 0.1) is 6.92 Å². The molecule has 0 aliphatic carbocycles. The molecule has 0 unspecified atom stereocenters. The molecular weight excluding hydrogens is 446 g/mol. The molecule has 0 saturated heterocycles. The number of rotatable bonds is 7.